The summed E-state index contributed by atoms with van der Waals surface area (Å²) in [4.78, 5) is 12.0. The third-order valence-electron chi connectivity index (χ3n) is 3.37. The minimum absolute atomic E-state index is 0.228. The fourth-order valence-electron chi connectivity index (χ4n) is 2.08. The highest BCUT2D eigenvalue weighted by molar-refractivity contribution is 5.92. The minimum atomic E-state index is -0.329. The zero-order valence-corrected chi connectivity index (χ0v) is 13.6. The van der Waals surface area contributed by atoms with Crippen LogP contribution in [0.2, 0.25) is 0 Å². The fraction of sp³-hybridized carbons (Fsp3) is 0.353. The maximum Gasteiger partial charge on any atom is 0.271 e. The molecule has 0 aliphatic carbocycles. The van der Waals surface area contributed by atoms with Crippen molar-refractivity contribution in [2.24, 2.45) is 0 Å². The molecule has 0 unspecified atom stereocenters. The molecule has 0 bridgehead atoms. The number of carbonyl (C=O) groups is 1. The molecule has 0 aliphatic heterocycles. The Hall–Kier alpha value is -2.54. The van der Waals surface area contributed by atoms with Gasteiger partial charge in [0, 0.05) is 26.8 Å². The summed E-state index contributed by atoms with van der Waals surface area (Å²) >= 11 is 0. The average molecular weight is 332 g/mol. The third-order valence-corrected chi connectivity index (χ3v) is 3.37. The summed E-state index contributed by atoms with van der Waals surface area (Å²) in [5.41, 5.74) is 0.797. The van der Waals surface area contributed by atoms with Crippen molar-refractivity contribution in [3.8, 4) is 0 Å². The molecule has 0 saturated heterocycles. The number of nitrogens with zero attached hydrogens (tertiary/aromatic N) is 2. The van der Waals surface area contributed by atoms with Gasteiger partial charge in [-0.3, -0.25) is 4.79 Å². The number of amides is 1. The van der Waals surface area contributed by atoms with E-state index in [1.165, 1.54) is 6.07 Å². The van der Waals surface area contributed by atoms with Crippen LogP contribution in [0.15, 0.2) is 36.4 Å². The van der Waals surface area contributed by atoms with Gasteiger partial charge in [-0.15, -0.1) is 10.2 Å². The van der Waals surface area contributed by atoms with Crippen molar-refractivity contribution in [3.05, 3.63) is 53.5 Å². The van der Waals surface area contributed by atoms with E-state index in [0.29, 0.717) is 31.0 Å². The number of benzene rings is 1. The van der Waals surface area contributed by atoms with Gasteiger partial charge in [0.1, 0.15) is 11.6 Å². The summed E-state index contributed by atoms with van der Waals surface area (Å²) in [7, 11) is 1.65. The molecule has 7 heteroatoms. The van der Waals surface area contributed by atoms with Gasteiger partial charge in [-0.2, -0.15) is 0 Å². The number of halogens is 1. The van der Waals surface area contributed by atoms with E-state index in [-0.39, 0.29) is 17.4 Å². The Kier molecular flexibility index (Phi) is 7.10. The Morgan fingerprint density at radius 1 is 1.17 bits per heavy atom. The van der Waals surface area contributed by atoms with Crippen molar-refractivity contribution in [1.29, 1.82) is 0 Å². The van der Waals surface area contributed by atoms with Gasteiger partial charge in [-0.1, -0.05) is 18.2 Å². The molecule has 1 aromatic carbocycles. The number of methoxy groups -OCH3 is 1. The monoisotopic (exact) mass is 332 g/mol. The van der Waals surface area contributed by atoms with Gasteiger partial charge in [0.25, 0.3) is 5.91 Å². The maximum absolute atomic E-state index is 13.5. The predicted molar refractivity (Wildman–Crippen MR) is 89.5 cm³/mol. The van der Waals surface area contributed by atoms with Gasteiger partial charge >= 0.3 is 0 Å². The normalized spacial score (nSPS) is 10.4. The maximum atomic E-state index is 13.5. The first kappa shape index (κ1) is 17.8. The molecule has 128 valence electrons. The molecule has 1 heterocycles. The molecular formula is C17H21FN4O2. The molecule has 6 nitrogen and oxygen atoms in total. The van der Waals surface area contributed by atoms with E-state index in [4.69, 9.17) is 4.74 Å². The number of anilines is 1. The van der Waals surface area contributed by atoms with Crippen LogP contribution >= 0.6 is 0 Å². The Morgan fingerprint density at radius 2 is 2.00 bits per heavy atom. The summed E-state index contributed by atoms with van der Waals surface area (Å²) in [6, 6.07) is 9.81. The molecule has 1 aromatic heterocycles. The van der Waals surface area contributed by atoms with E-state index in [0.717, 1.165) is 13.0 Å². The third kappa shape index (κ3) is 5.58. The summed E-state index contributed by atoms with van der Waals surface area (Å²) in [5, 5.41) is 13.6. The Morgan fingerprint density at radius 3 is 2.71 bits per heavy atom. The van der Waals surface area contributed by atoms with Gasteiger partial charge in [-0.25, -0.2) is 4.39 Å². The molecule has 1 amide bonds. The number of hydrogen-bond acceptors (Lipinski definition) is 5. The Bertz CT molecular complexity index is 649. The summed E-state index contributed by atoms with van der Waals surface area (Å²) < 4.78 is 18.4. The summed E-state index contributed by atoms with van der Waals surface area (Å²) in [6.07, 6.45) is 1.28. The van der Waals surface area contributed by atoms with Crippen LogP contribution in [-0.4, -0.2) is 42.9 Å². The molecule has 24 heavy (non-hydrogen) atoms. The number of hydrogen-bond donors (Lipinski definition) is 2. The standard InChI is InChI=1S/C17H21FN4O2/c1-24-12-4-10-19-16-8-7-15(21-22-16)17(23)20-11-9-13-5-2-3-6-14(13)18/h2-3,5-8H,4,9-12H2,1H3,(H,19,22)(H,20,23). The molecule has 0 spiro atoms. The molecule has 2 aromatic rings. The smallest absolute Gasteiger partial charge is 0.271 e. The zero-order valence-electron chi connectivity index (χ0n) is 13.6. The second kappa shape index (κ2) is 9.57. The number of aromatic nitrogens is 2. The van der Waals surface area contributed by atoms with Crippen molar-refractivity contribution >= 4 is 11.7 Å². The number of carbonyl (C=O) groups excluding carboxylic acids is 1. The van der Waals surface area contributed by atoms with Crippen LogP contribution in [0.4, 0.5) is 10.2 Å². The van der Waals surface area contributed by atoms with Crippen LogP contribution in [0.3, 0.4) is 0 Å². The molecule has 0 saturated carbocycles. The number of rotatable bonds is 9. The molecular weight excluding hydrogens is 311 g/mol. The predicted octanol–water partition coefficient (Wildman–Crippen LogP) is 2.04. The van der Waals surface area contributed by atoms with Crippen LogP contribution < -0.4 is 10.6 Å². The van der Waals surface area contributed by atoms with Gasteiger partial charge in [0.05, 0.1) is 0 Å². The van der Waals surface area contributed by atoms with Crippen LogP contribution in [0.5, 0.6) is 0 Å². The zero-order chi connectivity index (χ0) is 17.2. The molecule has 0 atom stereocenters. The average Bonchev–Trinajstić information content (AvgIpc) is 2.61. The van der Waals surface area contributed by atoms with E-state index in [1.807, 2.05) is 0 Å². The molecule has 2 rings (SSSR count). The second-order valence-electron chi connectivity index (χ2n) is 5.17. The van der Waals surface area contributed by atoms with Crippen LogP contribution in [0.25, 0.3) is 0 Å². The lowest BCUT2D eigenvalue weighted by Crippen LogP contribution is -2.27. The van der Waals surface area contributed by atoms with Crippen LogP contribution in [0.1, 0.15) is 22.5 Å². The van der Waals surface area contributed by atoms with Gasteiger partial charge in [0.2, 0.25) is 0 Å². The largest absolute Gasteiger partial charge is 0.385 e. The topological polar surface area (TPSA) is 76.1 Å². The number of nitrogens with one attached hydrogen (secondary N) is 2. The second-order valence-corrected chi connectivity index (χ2v) is 5.17. The van der Waals surface area contributed by atoms with Gasteiger partial charge < -0.3 is 15.4 Å². The molecule has 0 fully saturated rings. The Labute approximate surface area is 140 Å². The Balaban J connectivity index is 1.77. The quantitative estimate of drug-likeness (QED) is 0.687. The molecule has 0 aliphatic rings. The highest BCUT2D eigenvalue weighted by Crippen LogP contribution is 2.06. The van der Waals surface area contributed by atoms with Crippen LogP contribution in [-0.2, 0) is 11.2 Å². The van der Waals surface area contributed by atoms with E-state index in [2.05, 4.69) is 20.8 Å². The van der Waals surface area contributed by atoms with Crippen LogP contribution in [0, 0.1) is 5.82 Å². The van der Waals surface area contributed by atoms with E-state index in [9.17, 15) is 9.18 Å². The summed E-state index contributed by atoms with van der Waals surface area (Å²) in [6.45, 7) is 1.72. The van der Waals surface area contributed by atoms with Crippen molar-refractivity contribution in [3.63, 3.8) is 0 Å². The van der Waals surface area contributed by atoms with Crippen molar-refractivity contribution in [2.75, 3.05) is 32.1 Å². The minimum Gasteiger partial charge on any atom is -0.385 e. The lowest BCUT2D eigenvalue weighted by molar-refractivity contribution is 0.0948. The summed E-state index contributed by atoms with van der Waals surface area (Å²) in [5.74, 6) is 0.00854. The lowest BCUT2D eigenvalue weighted by atomic mass is 10.1. The van der Waals surface area contributed by atoms with Crippen molar-refractivity contribution in [2.45, 2.75) is 12.8 Å². The van der Waals surface area contributed by atoms with Gasteiger partial charge in [0.15, 0.2) is 5.69 Å². The fourth-order valence-corrected chi connectivity index (χ4v) is 2.08. The SMILES string of the molecule is COCCCNc1ccc(C(=O)NCCc2ccccc2F)nn1. The molecule has 0 radical (unpaired) electrons. The van der Waals surface area contributed by atoms with E-state index >= 15 is 0 Å². The first-order chi connectivity index (χ1) is 11.7. The first-order valence-electron chi connectivity index (χ1n) is 7.79. The van der Waals surface area contributed by atoms with Gasteiger partial charge in [-0.05, 0) is 36.6 Å². The van der Waals surface area contributed by atoms with Crippen molar-refractivity contribution < 1.29 is 13.9 Å². The highest BCUT2D eigenvalue weighted by atomic mass is 19.1. The van der Waals surface area contributed by atoms with Crippen molar-refractivity contribution in [1.82, 2.24) is 15.5 Å². The number of ether oxygens (including phenoxy) is 1. The first-order valence-corrected chi connectivity index (χ1v) is 7.79. The highest BCUT2D eigenvalue weighted by Gasteiger charge is 2.08. The molecule has 2 N–H and O–H groups in total. The van der Waals surface area contributed by atoms with E-state index in [1.54, 1.807) is 37.4 Å². The lowest BCUT2D eigenvalue weighted by Gasteiger charge is -2.07. The van der Waals surface area contributed by atoms with E-state index < -0.39 is 0 Å².